The first-order valence-electron chi connectivity index (χ1n) is 9.96. The Balaban J connectivity index is 1.50. The summed E-state index contributed by atoms with van der Waals surface area (Å²) >= 11 is 0. The molecule has 2 saturated heterocycles. The van der Waals surface area contributed by atoms with Crippen molar-refractivity contribution in [1.82, 2.24) is 14.9 Å². The second kappa shape index (κ2) is 8.22. The molecule has 1 aromatic carbocycles. The standard InChI is InChI=1S/C21H28N4O3/c1-27-18-6-5-7-19(28-2)16(18)14-24-11-8-15(13-24)17-12-20(26)23-21(22-17)25-9-3-4-10-25/h5-7,12,15H,3-4,8-11,13-14H2,1-2H3,(H,22,23,26). The summed E-state index contributed by atoms with van der Waals surface area (Å²) in [6.07, 6.45) is 3.31. The van der Waals surface area contributed by atoms with Gasteiger partial charge in [0.1, 0.15) is 11.5 Å². The largest absolute Gasteiger partial charge is 0.496 e. The maximum Gasteiger partial charge on any atom is 0.252 e. The molecule has 0 saturated carbocycles. The Morgan fingerprint density at radius 2 is 1.86 bits per heavy atom. The molecule has 2 aromatic rings. The van der Waals surface area contributed by atoms with Crippen molar-refractivity contribution in [3.63, 3.8) is 0 Å². The number of ether oxygens (including phenoxy) is 2. The van der Waals surface area contributed by atoms with Crippen LogP contribution in [0.4, 0.5) is 5.95 Å². The highest BCUT2D eigenvalue weighted by atomic mass is 16.5. The quantitative estimate of drug-likeness (QED) is 0.825. The van der Waals surface area contributed by atoms with Crippen molar-refractivity contribution in [2.75, 3.05) is 45.3 Å². The van der Waals surface area contributed by atoms with Gasteiger partial charge in [-0.25, -0.2) is 4.98 Å². The summed E-state index contributed by atoms with van der Waals surface area (Å²) < 4.78 is 11.1. The lowest BCUT2D eigenvalue weighted by atomic mass is 10.0. The minimum atomic E-state index is -0.0586. The number of H-pyrrole nitrogens is 1. The second-order valence-corrected chi connectivity index (χ2v) is 7.55. The molecule has 0 spiro atoms. The molecule has 2 fully saturated rings. The van der Waals surface area contributed by atoms with Crippen LogP contribution in [0, 0.1) is 0 Å². The molecular formula is C21H28N4O3. The zero-order valence-electron chi connectivity index (χ0n) is 16.6. The predicted molar refractivity (Wildman–Crippen MR) is 108 cm³/mol. The fraction of sp³-hybridized carbons (Fsp3) is 0.524. The number of aromatic nitrogens is 2. The van der Waals surface area contributed by atoms with Crippen molar-refractivity contribution < 1.29 is 9.47 Å². The number of nitrogens with zero attached hydrogens (tertiary/aromatic N) is 3. The highest BCUT2D eigenvalue weighted by Gasteiger charge is 2.28. The van der Waals surface area contributed by atoms with E-state index in [4.69, 9.17) is 14.5 Å². The molecule has 4 rings (SSSR count). The summed E-state index contributed by atoms with van der Waals surface area (Å²) in [6, 6.07) is 7.53. The van der Waals surface area contributed by atoms with Crippen molar-refractivity contribution >= 4 is 5.95 Å². The topological polar surface area (TPSA) is 70.7 Å². The predicted octanol–water partition coefficient (Wildman–Crippen LogP) is 2.38. The Morgan fingerprint density at radius 1 is 1.14 bits per heavy atom. The molecule has 0 radical (unpaired) electrons. The van der Waals surface area contributed by atoms with Crippen LogP contribution in [0.15, 0.2) is 29.1 Å². The molecule has 1 unspecified atom stereocenters. The number of anilines is 1. The number of benzene rings is 1. The van der Waals surface area contributed by atoms with E-state index in [2.05, 4.69) is 14.8 Å². The van der Waals surface area contributed by atoms with E-state index in [-0.39, 0.29) is 11.5 Å². The molecule has 1 aromatic heterocycles. The van der Waals surface area contributed by atoms with Crippen LogP contribution < -0.4 is 19.9 Å². The zero-order chi connectivity index (χ0) is 19.5. The summed E-state index contributed by atoms with van der Waals surface area (Å²) in [6.45, 7) is 4.52. The molecule has 28 heavy (non-hydrogen) atoms. The van der Waals surface area contributed by atoms with Crippen molar-refractivity contribution in [3.05, 3.63) is 45.9 Å². The van der Waals surface area contributed by atoms with E-state index in [0.29, 0.717) is 0 Å². The van der Waals surface area contributed by atoms with Crippen molar-refractivity contribution in [2.24, 2.45) is 0 Å². The summed E-state index contributed by atoms with van der Waals surface area (Å²) in [5.74, 6) is 2.68. The SMILES string of the molecule is COc1cccc(OC)c1CN1CCC(c2cc(=O)[nH]c(N3CCCC3)n2)C1. The van der Waals surface area contributed by atoms with Gasteiger partial charge in [0.2, 0.25) is 5.95 Å². The molecule has 150 valence electrons. The van der Waals surface area contributed by atoms with Crippen LogP contribution in [0.25, 0.3) is 0 Å². The van der Waals surface area contributed by atoms with Gasteiger partial charge >= 0.3 is 0 Å². The Labute approximate surface area is 165 Å². The summed E-state index contributed by atoms with van der Waals surface area (Å²) in [5, 5.41) is 0. The van der Waals surface area contributed by atoms with Crippen LogP contribution in [0.5, 0.6) is 11.5 Å². The van der Waals surface area contributed by atoms with Crippen LogP contribution in [0.1, 0.15) is 36.4 Å². The number of likely N-dealkylation sites (tertiary alicyclic amines) is 1. The average Bonchev–Trinajstić information content (AvgIpc) is 3.40. The van der Waals surface area contributed by atoms with E-state index in [1.807, 2.05) is 18.2 Å². The average molecular weight is 384 g/mol. The van der Waals surface area contributed by atoms with Crippen LogP contribution in [0.3, 0.4) is 0 Å². The third-order valence-electron chi connectivity index (χ3n) is 5.76. The molecule has 7 heteroatoms. The van der Waals surface area contributed by atoms with E-state index in [1.165, 1.54) is 0 Å². The lowest BCUT2D eigenvalue weighted by Crippen LogP contribution is -2.25. The normalized spacial score (nSPS) is 19.9. The van der Waals surface area contributed by atoms with Crippen LogP contribution >= 0.6 is 0 Å². The fourth-order valence-electron chi connectivity index (χ4n) is 4.28. The van der Waals surface area contributed by atoms with E-state index in [0.717, 1.165) is 80.7 Å². The van der Waals surface area contributed by atoms with Crippen molar-refractivity contribution in [2.45, 2.75) is 31.7 Å². The first kappa shape index (κ1) is 18.8. The Morgan fingerprint density at radius 3 is 2.54 bits per heavy atom. The minimum absolute atomic E-state index is 0.0586. The van der Waals surface area contributed by atoms with Gasteiger partial charge in [-0.1, -0.05) is 6.07 Å². The molecule has 7 nitrogen and oxygen atoms in total. The molecule has 3 heterocycles. The van der Waals surface area contributed by atoms with Gasteiger partial charge < -0.3 is 14.4 Å². The number of methoxy groups -OCH3 is 2. The van der Waals surface area contributed by atoms with Gasteiger partial charge in [0.25, 0.3) is 5.56 Å². The van der Waals surface area contributed by atoms with Gasteiger partial charge in [0.05, 0.1) is 25.5 Å². The first-order valence-corrected chi connectivity index (χ1v) is 9.96. The summed E-state index contributed by atoms with van der Waals surface area (Å²) in [4.78, 5) is 24.5. The number of hydrogen-bond acceptors (Lipinski definition) is 6. The van der Waals surface area contributed by atoms with Crippen LogP contribution in [0.2, 0.25) is 0 Å². The second-order valence-electron chi connectivity index (χ2n) is 7.55. The first-order chi connectivity index (χ1) is 13.7. The van der Waals surface area contributed by atoms with Crippen LogP contribution in [-0.2, 0) is 6.54 Å². The minimum Gasteiger partial charge on any atom is -0.496 e. The van der Waals surface area contributed by atoms with Crippen molar-refractivity contribution in [1.29, 1.82) is 0 Å². The number of nitrogens with one attached hydrogen (secondary N) is 1. The van der Waals surface area contributed by atoms with Crippen LogP contribution in [-0.4, -0.2) is 55.3 Å². The highest BCUT2D eigenvalue weighted by molar-refractivity contribution is 5.44. The Hall–Kier alpha value is -2.54. The lowest BCUT2D eigenvalue weighted by Gasteiger charge is -2.20. The molecule has 0 bridgehead atoms. The lowest BCUT2D eigenvalue weighted by molar-refractivity contribution is 0.305. The highest BCUT2D eigenvalue weighted by Crippen LogP contribution is 2.33. The van der Waals surface area contributed by atoms with Gasteiger partial charge in [-0.3, -0.25) is 14.7 Å². The van der Waals surface area contributed by atoms with E-state index in [9.17, 15) is 4.79 Å². The van der Waals surface area contributed by atoms with E-state index >= 15 is 0 Å². The maximum atomic E-state index is 12.2. The van der Waals surface area contributed by atoms with Gasteiger partial charge in [0.15, 0.2) is 0 Å². The third-order valence-corrected chi connectivity index (χ3v) is 5.76. The Bertz CT molecular complexity index is 854. The molecule has 1 atom stereocenters. The number of rotatable bonds is 6. The molecule has 2 aliphatic heterocycles. The van der Waals surface area contributed by atoms with Gasteiger partial charge in [-0.15, -0.1) is 0 Å². The molecule has 2 aliphatic rings. The van der Waals surface area contributed by atoms with Crippen molar-refractivity contribution in [3.8, 4) is 11.5 Å². The zero-order valence-corrected chi connectivity index (χ0v) is 16.6. The maximum absolute atomic E-state index is 12.2. The summed E-state index contributed by atoms with van der Waals surface area (Å²) in [5.41, 5.74) is 1.90. The van der Waals surface area contributed by atoms with E-state index < -0.39 is 0 Å². The third kappa shape index (κ3) is 3.85. The number of hydrogen-bond donors (Lipinski definition) is 1. The van der Waals surface area contributed by atoms with Gasteiger partial charge in [-0.05, 0) is 37.9 Å². The summed E-state index contributed by atoms with van der Waals surface area (Å²) in [7, 11) is 3.37. The molecule has 1 N–H and O–H groups in total. The number of aromatic amines is 1. The monoisotopic (exact) mass is 384 g/mol. The van der Waals surface area contributed by atoms with Gasteiger partial charge in [-0.2, -0.15) is 0 Å². The molecule has 0 aliphatic carbocycles. The Kier molecular flexibility index (Phi) is 5.52. The molecule has 0 amide bonds. The van der Waals surface area contributed by atoms with E-state index in [1.54, 1.807) is 20.3 Å². The van der Waals surface area contributed by atoms with Gasteiger partial charge in [0, 0.05) is 38.2 Å². The fourth-order valence-corrected chi connectivity index (χ4v) is 4.28. The molecular weight excluding hydrogens is 356 g/mol. The smallest absolute Gasteiger partial charge is 0.252 e.